The van der Waals surface area contributed by atoms with E-state index in [-0.39, 0.29) is 0 Å². The van der Waals surface area contributed by atoms with Gasteiger partial charge in [0.25, 0.3) is 0 Å². The molecule has 2 nitrogen and oxygen atoms in total. The minimum absolute atomic E-state index is 0.499. The van der Waals surface area contributed by atoms with E-state index >= 15 is 0 Å². The summed E-state index contributed by atoms with van der Waals surface area (Å²) in [5.74, 6) is 0.898. The average Bonchev–Trinajstić information content (AvgIpc) is 2.59. The number of pyridine rings is 1. The molecule has 3 rings (SSSR count). The molecule has 0 amide bonds. The van der Waals surface area contributed by atoms with Crippen molar-refractivity contribution < 1.29 is 4.74 Å². The fourth-order valence-electron chi connectivity index (χ4n) is 2.48. The molecule has 0 saturated heterocycles. The summed E-state index contributed by atoms with van der Waals surface area (Å²) in [6, 6.07) is 20.7. The van der Waals surface area contributed by atoms with Gasteiger partial charge in [0.2, 0.25) is 0 Å². The van der Waals surface area contributed by atoms with Crippen LogP contribution >= 0.6 is 0 Å². The van der Waals surface area contributed by atoms with Crippen LogP contribution in [0.5, 0.6) is 5.75 Å². The average molecular weight is 291 g/mol. The smallest absolute Gasteiger partial charge is 0.130 e. The van der Waals surface area contributed by atoms with Crippen LogP contribution in [-0.4, -0.2) is 4.98 Å². The first kappa shape index (κ1) is 14.6. The number of hydrogen-bond donors (Lipinski definition) is 0. The molecule has 0 unspecified atom stereocenters. The van der Waals surface area contributed by atoms with Gasteiger partial charge in [0.05, 0.1) is 11.2 Å². The minimum Gasteiger partial charge on any atom is -0.487 e. The molecule has 0 radical (unpaired) electrons. The van der Waals surface area contributed by atoms with Crippen LogP contribution < -0.4 is 4.74 Å². The summed E-state index contributed by atoms with van der Waals surface area (Å²) in [4.78, 5) is 4.62. The van der Waals surface area contributed by atoms with E-state index < -0.39 is 0 Å². The quantitative estimate of drug-likeness (QED) is 0.626. The molecule has 0 aliphatic carbocycles. The number of aryl methyl sites for hydroxylation is 1. The molecule has 0 spiro atoms. The Morgan fingerprint density at radius 3 is 2.55 bits per heavy atom. The molecule has 112 valence electrons. The summed E-state index contributed by atoms with van der Waals surface area (Å²) in [6.07, 6.45) is 3.61. The van der Waals surface area contributed by atoms with Crippen LogP contribution in [0, 0.1) is 0 Å². The molecule has 2 aromatic carbocycles. The number of nitrogens with zero attached hydrogens (tertiary/aromatic N) is 1. The van der Waals surface area contributed by atoms with Gasteiger partial charge in [-0.2, -0.15) is 0 Å². The zero-order chi connectivity index (χ0) is 15.2. The Morgan fingerprint density at radius 2 is 1.73 bits per heavy atom. The zero-order valence-corrected chi connectivity index (χ0v) is 13.0. The third kappa shape index (κ3) is 3.64. The Hall–Kier alpha value is -2.35. The fourth-order valence-corrected chi connectivity index (χ4v) is 2.48. The van der Waals surface area contributed by atoms with Crippen molar-refractivity contribution in [2.45, 2.75) is 32.8 Å². The van der Waals surface area contributed by atoms with Crippen molar-refractivity contribution in [1.82, 2.24) is 4.98 Å². The van der Waals surface area contributed by atoms with Crippen molar-refractivity contribution in [3.05, 3.63) is 71.9 Å². The van der Waals surface area contributed by atoms with Gasteiger partial charge < -0.3 is 4.74 Å². The van der Waals surface area contributed by atoms with E-state index in [0.717, 1.165) is 28.8 Å². The SMILES string of the molecule is CCCCc1ccc(OCc2ccc3ccccc3n2)cc1. The van der Waals surface area contributed by atoms with Gasteiger partial charge in [0.15, 0.2) is 0 Å². The maximum Gasteiger partial charge on any atom is 0.130 e. The maximum absolute atomic E-state index is 5.84. The highest BCUT2D eigenvalue weighted by molar-refractivity contribution is 5.78. The van der Waals surface area contributed by atoms with Crippen molar-refractivity contribution in [2.24, 2.45) is 0 Å². The van der Waals surface area contributed by atoms with E-state index in [1.165, 1.54) is 18.4 Å². The van der Waals surface area contributed by atoms with Gasteiger partial charge in [-0.15, -0.1) is 0 Å². The van der Waals surface area contributed by atoms with Crippen molar-refractivity contribution in [3.63, 3.8) is 0 Å². The summed E-state index contributed by atoms with van der Waals surface area (Å²) >= 11 is 0. The summed E-state index contributed by atoms with van der Waals surface area (Å²) in [5.41, 5.74) is 3.34. The summed E-state index contributed by atoms with van der Waals surface area (Å²) in [6.45, 7) is 2.72. The highest BCUT2D eigenvalue weighted by atomic mass is 16.5. The molecule has 0 saturated carbocycles. The number of unbranched alkanes of at least 4 members (excludes halogenated alkanes) is 1. The van der Waals surface area contributed by atoms with Crippen molar-refractivity contribution in [1.29, 1.82) is 0 Å². The normalized spacial score (nSPS) is 10.8. The molecule has 0 fully saturated rings. The first-order valence-corrected chi connectivity index (χ1v) is 7.91. The summed E-state index contributed by atoms with van der Waals surface area (Å²) in [5, 5.41) is 1.16. The Balaban J connectivity index is 1.63. The largest absolute Gasteiger partial charge is 0.487 e. The Bertz CT molecular complexity index is 734. The molecule has 1 aromatic heterocycles. The van der Waals surface area contributed by atoms with E-state index in [1.807, 2.05) is 36.4 Å². The van der Waals surface area contributed by atoms with E-state index in [0.29, 0.717) is 6.61 Å². The number of ether oxygens (including phenoxy) is 1. The van der Waals surface area contributed by atoms with E-state index in [1.54, 1.807) is 0 Å². The molecular weight excluding hydrogens is 270 g/mol. The molecule has 3 aromatic rings. The van der Waals surface area contributed by atoms with Crippen molar-refractivity contribution >= 4 is 10.9 Å². The van der Waals surface area contributed by atoms with Crippen molar-refractivity contribution in [2.75, 3.05) is 0 Å². The molecule has 22 heavy (non-hydrogen) atoms. The highest BCUT2D eigenvalue weighted by Crippen LogP contribution is 2.17. The van der Waals surface area contributed by atoms with E-state index in [4.69, 9.17) is 4.74 Å². The van der Waals surface area contributed by atoms with Gasteiger partial charge in [-0.25, -0.2) is 4.98 Å². The molecule has 0 atom stereocenters. The van der Waals surface area contributed by atoms with Crippen LogP contribution in [0.3, 0.4) is 0 Å². The standard InChI is InChI=1S/C20H21NO/c1-2-3-6-16-9-13-19(14-10-16)22-15-18-12-11-17-7-4-5-8-20(17)21-18/h4-5,7-14H,2-3,6,15H2,1H3. The third-order valence-corrected chi connectivity index (χ3v) is 3.79. The second-order valence-corrected chi connectivity index (χ2v) is 5.53. The van der Waals surface area contributed by atoms with E-state index in [9.17, 15) is 0 Å². The topological polar surface area (TPSA) is 22.1 Å². The van der Waals surface area contributed by atoms with Crippen LogP contribution in [0.15, 0.2) is 60.7 Å². The second-order valence-electron chi connectivity index (χ2n) is 5.53. The van der Waals surface area contributed by atoms with Gasteiger partial charge in [-0.1, -0.05) is 49.7 Å². The monoisotopic (exact) mass is 291 g/mol. The van der Waals surface area contributed by atoms with Crippen LogP contribution in [0.4, 0.5) is 0 Å². The van der Waals surface area contributed by atoms with Gasteiger partial charge in [-0.3, -0.25) is 0 Å². The van der Waals surface area contributed by atoms with Gasteiger partial charge in [0, 0.05) is 5.39 Å². The number of fused-ring (bicyclic) bond motifs is 1. The van der Waals surface area contributed by atoms with Crippen molar-refractivity contribution in [3.8, 4) is 5.75 Å². The lowest BCUT2D eigenvalue weighted by atomic mass is 10.1. The number of aromatic nitrogens is 1. The Labute approximate surface area is 131 Å². The van der Waals surface area contributed by atoms with Gasteiger partial charge >= 0.3 is 0 Å². The second kappa shape index (κ2) is 7.08. The van der Waals surface area contributed by atoms with Crippen LogP contribution in [-0.2, 0) is 13.0 Å². The zero-order valence-electron chi connectivity index (χ0n) is 13.0. The molecule has 1 heterocycles. The highest BCUT2D eigenvalue weighted by Gasteiger charge is 2.00. The molecule has 2 heteroatoms. The Morgan fingerprint density at radius 1 is 0.909 bits per heavy atom. The summed E-state index contributed by atoms with van der Waals surface area (Å²) < 4.78 is 5.84. The predicted octanol–water partition coefficient (Wildman–Crippen LogP) is 5.16. The molecular formula is C20H21NO. The van der Waals surface area contributed by atoms with Crippen LogP contribution in [0.25, 0.3) is 10.9 Å². The number of benzene rings is 2. The molecule has 0 bridgehead atoms. The lowest BCUT2D eigenvalue weighted by Crippen LogP contribution is -1.98. The third-order valence-electron chi connectivity index (χ3n) is 3.79. The fraction of sp³-hybridized carbons (Fsp3) is 0.250. The lowest BCUT2D eigenvalue weighted by molar-refractivity contribution is 0.301. The van der Waals surface area contributed by atoms with Crippen LogP contribution in [0.1, 0.15) is 31.0 Å². The van der Waals surface area contributed by atoms with Gasteiger partial charge in [-0.05, 0) is 42.7 Å². The summed E-state index contributed by atoms with van der Waals surface area (Å²) in [7, 11) is 0. The number of rotatable bonds is 6. The predicted molar refractivity (Wildman–Crippen MR) is 91.1 cm³/mol. The Kier molecular flexibility index (Phi) is 4.69. The molecule has 0 aliphatic rings. The minimum atomic E-state index is 0.499. The first-order chi connectivity index (χ1) is 10.8. The maximum atomic E-state index is 5.84. The van der Waals surface area contributed by atoms with Gasteiger partial charge in [0.1, 0.15) is 12.4 Å². The van der Waals surface area contributed by atoms with Crippen LogP contribution in [0.2, 0.25) is 0 Å². The number of hydrogen-bond acceptors (Lipinski definition) is 2. The molecule has 0 N–H and O–H groups in total. The van der Waals surface area contributed by atoms with E-state index in [2.05, 4.69) is 36.2 Å². The lowest BCUT2D eigenvalue weighted by Gasteiger charge is -2.07. The molecule has 0 aliphatic heterocycles. The first-order valence-electron chi connectivity index (χ1n) is 7.91. The number of para-hydroxylation sites is 1.